The minimum atomic E-state index is 0.404. The Balaban J connectivity index is 1.94. The predicted molar refractivity (Wildman–Crippen MR) is 79.0 cm³/mol. The van der Waals surface area contributed by atoms with Gasteiger partial charge in [-0.05, 0) is 41.7 Å². The second-order valence-electron chi connectivity index (χ2n) is 5.39. The standard InChI is InChI=1S/C19H15/c1-13-10-11-14(12-13)19-17-8-4-2-6-15(17)16-7-3-5-9-18(16)19/h2-8,10,12,19H,11H2,1H3. The maximum Gasteiger partial charge on any atom is 0.0323 e. The molecular formula is C19H15. The summed E-state index contributed by atoms with van der Waals surface area (Å²) < 4.78 is 0. The summed E-state index contributed by atoms with van der Waals surface area (Å²) in [5.74, 6) is 0.404. The summed E-state index contributed by atoms with van der Waals surface area (Å²) >= 11 is 0. The van der Waals surface area contributed by atoms with Crippen molar-refractivity contribution >= 4 is 0 Å². The topological polar surface area (TPSA) is 0 Å². The molecule has 0 saturated heterocycles. The van der Waals surface area contributed by atoms with Crippen molar-refractivity contribution < 1.29 is 0 Å². The quantitative estimate of drug-likeness (QED) is 0.670. The van der Waals surface area contributed by atoms with E-state index in [9.17, 15) is 0 Å². The van der Waals surface area contributed by atoms with E-state index in [1.54, 1.807) is 0 Å². The molecule has 0 N–H and O–H groups in total. The second-order valence-corrected chi connectivity index (χ2v) is 5.39. The van der Waals surface area contributed by atoms with E-state index in [-0.39, 0.29) is 0 Å². The molecule has 0 aliphatic heterocycles. The molecule has 1 unspecified atom stereocenters. The van der Waals surface area contributed by atoms with Gasteiger partial charge in [0.25, 0.3) is 0 Å². The lowest BCUT2D eigenvalue weighted by Crippen LogP contribution is -1.99. The van der Waals surface area contributed by atoms with E-state index in [1.807, 2.05) is 6.07 Å². The van der Waals surface area contributed by atoms with Crippen LogP contribution in [0.5, 0.6) is 0 Å². The van der Waals surface area contributed by atoms with Crippen LogP contribution in [0, 0.1) is 6.07 Å². The minimum absolute atomic E-state index is 0.404. The molecule has 0 aromatic heterocycles. The fraction of sp³-hybridized carbons (Fsp3) is 0.158. The van der Waals surface area contributed by atoms with Gasteiger partial charge in [-0.2, -0.15) is 0 Å². The van der Waals surface area contributed by atoms with Crippen LogP contribution in [0.4, 0.5) is 0 Å². The maximum absolute atomic E-state index is 3.47. The van der Waals surface area contributed by atoms with Gasteiger partial charge in [0.05, 0.1) is 0 Å². The van der Waals surface area contributed by atoms with E-state index < -0.39 is 0 Å². The highest BCUT2D eigenvalue weighted by molar-refractivity contribution is 5.80. The van der Waals surface area contributed by atoms with E-state index in [0.29, 0.717) is 5.92 Å². The number of hydrogen-bond acceptors (Lipinski definition) is 0. The lowest BCUT2D eigenvalue weighted by Gasteiger charge is -2.14. The Morgan fingerprint density at radius 1 is 1.05 bits per heavy atom. The summed E-state index contributed by atoms with van der Waals surface area (Å²) in [6.07, 6.45) is 5.74. The molecule has 0 fully saturated rings. The molecule has 0 saturated carbocycles. The average molecular weight is 243 g/mol. The van der Waals surface area contributed by atoms with Crippen LogP contribution in [0.15, 0.2) is 65.8 Å². The smallest absolute Gasteiger partial charge is 0.0323 e. The van der Waals surface area contributed by atoms with Crippen molar-refractivity contribution in [3.05, 3.63) is 83.0 Å². The average Bonchev–Trinajstić information content (AvgIpc) is 3.00. The minimum Gasteiger partial charge on any atom is -0.0775 e. The molecule has 2 aliphatic rings. The van der Waals surface area contributed by atoms with E-state index in [2.05, 4.69) is 61.5 Å². The molecule has 4 rings (SSSR count). The van der Waals surface area contributed by atoms with Crippen molar-refractivity contribution in [2.45, 2.75) is 19.3 Å². The molecule has 0 spiro atoms. The van der Waals surface area contributed by atoms with Crippen molar-refractivity contribution in [2.75, 3.05) is 0 Å². The van der Waals surface area contributed by atoms with Crippen LogP contribution in [-0.2, 0) is 0 Å². The number of allylic oxidation sites excluding steroid dienone is 4. The fourth-order valence-corrected chi connectivity index (χ4v) is 3.35. The first-order valence-corrected chi connectivity index (χ1v) is 6.82. The van der Waals surface area contributed by atoms with Crippen LogP contribution in [0.3, 0.4) is 0 Å². The van der Waals surface area contributed by atoms with Gasteiger partial charge >= 0.3 is 0 Å². The maximum atomic E-state index is 3.47. The van der Waals surface area contributed by atoms with Gasteiger partial charge in [-0.1, -0.05) is 65.8 Å². The van der Waals surface area contributed by atoms with Crippen molar-refractivity contribution in [3.63, 3.8) is 0 Å². The molecule has 91 valence electrons. The van der Waals surface area contributed by atoms with Crippen LogP contribution in [0.25, 0.3) is 11.1 Å². The lowest BCUT2D eigenvalue weighted by molar-refractivity contribution is 0.946. The number of hydrogen-bond donors (Lipinski definition) is 0. The molecule has 1 atom stereocenters. The molecule has 0 heteroatoms. The molecular weight excluding hydrogens is 228 g/mol. The Bertz CT molecular complexity index is 671. The fourth-order valence-electron chi connectivity index (χ4n) is 3.35. The second kappa shape index (κ2) is 3.96. The number of fused-ring (bicyclic) bond motifs is 3. The molecule has 19 heavy (non-hydrogen) atoms. The van der Waals surface area contributed by atoms with E-state index >= 15 is 0 Å². The summed E-state index contributed by atoms with van der Waals surface area (Å²) in [5, 5.41) is 0. The predicted octanol–water partition coefficient (Wildman–Crippen LogP) is 4.88. The molecule has 0 amide bonds. The Kier molecular flexibility index (Phi) is 2.25. The Morgan fingerprint density at radius 3 is 2.74 bits per heavy atom. The summed E-state index contributed by atoms with van der Waals surface area (Å²) in [7, 11) is 0. The summed E-state index contributed by atoms with van der Waals surface area (Å²) in [6, 6.07) is 18.6. The number of rotatable bonds is 1. The van der Waals surface area contributed by atoms with Crippen LogP contribution in [0.1, 0.15) is 30.4 Å². The summed E-state index contributed by atoms with van der Waals surface area (Å²) in [6.45, 7) is 2.18. The third kappa shape index (κ3) is 1.53. The normalized spacial score (nSPS) is 16.9. The zero-order chi connectivity index (χ0) is 12.8. The summed E-state index contributed by atoms with van der Waals surface area (Å²) in [5.41, 5.74) is 8.41. The zero-order valence-electron chi connectivity index (χ0n) is 11.0. The lowest BCUT2D eigenvalue weighted by atomic mass is 9.88. The van der Waals surface area contributed by atoms with E-state index in [1.165, 1.54) is 33.4 Å². The van der Waals surface area contributed by atoms with Crippen LogP contribution >= 0.6 is 0 Å². The first-order chi connectivity index (χ1) is 9.34. The summed E-state index contributed by atoms with van der Waals surface area (Å²) in [4.78, 5) is 0. The Morgan fingerprint density at radius 2 is 1.89 bits per heavy atom. The number of benzene rings is 2. The monoisotopic (exact) mass is 243 g/mol. The molecule has 2 aromatic carbocycles. The highest BCUT2D eigenvalue weighted by Gasteiger charge is 2.31. The SMILES string of the molecule is CC1=CCC(C2c3[c]cccc3-c3ccccc32)=C1. The van der Waals surface area contributed by atoms with Crippen molar-refractivity contribution in [1.29, 1.82) is 0 Å². The van der Waals surface area contributed by atoms with Gasteiger partial charge in [0.15, 0.2) is 0 Å². The molecule has 2 aliphatic carbocycles. The Labute approximate surface area is 114 Å². The van der Waals surface area contributed by atoms with Gasteiger partial charge in [-0.3, -0.25) is 0 Å². The molecule has 0 bridgehead atoms. The molecule has 2 aromatic rings. The molecule has 0 heterocycles. The Hall–Kier alpha value is -2.08. The van der Waals surface area contributed by atoms with Crippen molar-refractivity contribution in [2.24, 2.45) is 0 Å². The third-order valence-electron chi connectivity index (χ3n) is 4.18. The van der Waals surface area contributed by atoms with Crippen LogP contribution < -0.4 is 0 Å². The molecule has 0 nitrogen and oxygen atoms in total. The van der Waals surface area contributed by atoms with Crippen molar-refractivity contribution in [3.8, 4) is 11.1 Å². The highest BCUT2D eigenvalue weighted by atomic mass is 14.3. The van der Waals surface area contributed by atoms with Gasteiger partial charge in [-0.15, -0.1) is 0 Å². The zero-order valence-corrected chi connectivity index (χ0v) is 11.0. The van der Waals surface area contributed by atoms with Gasteiger partial charge in [0.2, 0.25) is 0 Å². The van der Waals surface area contributed by atoms with Gasteiger partial charge in [-0.25, -0.2) is 0 Å². The van der Waals surface area contributed by atoms with Crippen LogP contribution in [-0.4, -0.2) is 0 Å². The van der Waals surface area contributed by atoms with Gasteiger partial charge in [0, 0.05) is 5.92 Å². The first-order valence-electron chi connectivity index (χ1n) is 6.82. The third-order valence-corrected chi connectivity index (χ3v) is 4.18. The van der Waals surface area contributed by atoms with Gasteiger partial charge in [0.1, 0.15) is 0 Å². The van der Waals surface area contributed by atoms with E-state index in [4.69, 9.17) is 0 Å². The van der Waals surface area contributed by atoms with Gasteiger partial charge < -0.3 is 0 Å². The van der Waals surface area contributed by atoms with Crippen LogP contribution in [0.2, 0.25) is 0 Å². The largest absolute Gasteiger partial charge is 0.0775 e. The first kappa shape index (κ1) is 10.8. The molecule has 1 radical (unpaired) electrons. The highest BCUT2D eigenvalue weighted by Crippen LogP contribution is 2.49. The van der Waals surface area contributed by atoms with Crippen molar-refractivity contribution in [1.82, 2.24) is 0 Å². The van der Waals surface area contributed by atoms with E-state index in [0.717, 1.165) is 6.42 Å².